The zero-order valence-electron chi connectivity index (χ0n) is 14.9. The molecule has 3 heterocycles. The highest BCUT2D eigenvalue weighted by Crippen LogP contribution is 2.25. The van der Waals surface area contributed by atoms with Crippen molar-refractivity contribution in [2.24, 2.45) is 0 Å². The Morgan fingerprint density at radius 3 is 2.75 bits per heavy atom. The third-order valence-electron chi connectivity index (χ3n) is 3.75. The van der Waals surface area contributed by atoms with Gasteiger partial charge in [-0.3, -0.25) is 14.7 Å². The van der Waals surface area contributed by atoms with Gasteiger partial charge in [-0.15, -0.1) is 10.2 Å². The fourth-order valence-corrected chi connectivity index (χ4v) is 3.26. The number of furan rings is 1. The molecule has 0 aliphatic heterocycles. The molecule has 4 rings (SSSR count). The first-order chi connectivity index (χ1) is 13.7. The summed E-state index contributed by atoms with van der Waals surface area (Å²) < 4.78 is 12.3. The summed E-state index contributed by atoms with van der Waals surface area (Å²) in [6.07, 6.45) is 1.59. The van der Waals surface area contributed by atoms with Gasteiger partial charge in [0.1, 0.15) is 0 Å². The highest BCUT2D eigenvalue weighted by Gasteiger charge is 2.18. The van der Waals surface area contributed by atoms with Crippen LogP contribution in [0.25, 0.3) is 11.6 Å². The molecule has 0 aliphatic carbocycles. The van der Waals surface area contributed by atoms with E-state index in [9.17, 15) is 4.79 Å². The number of hydrogen-bond acceptors (Lipinski definition) is 8. The van der Waals surface area contributed by atoms with Crippen molar-refractivity contribution in [1.82, 2.24) is 24.9 Å². The number of thioether (sulfide) groups is 1. The lowest BCUT2D eigenvalue weighted by atomic mass is 10.2. The summed E-state index contributed by atoms with van der Waals surface area (Å²) in [4.78, 5) is 16.1. The lowest BCUT2D eigenvalue weighted by molar-refractivity contribution is -0.114. The van der Waals surface area contributed by atoms with Crippen molar-refractivity contribution in [3.05, 3.63) is 60.1 Å². The van der Waals surface area contributed by atoms with Gasteiger partial charge in [0.15, 0.2) is 16.7 Å². The maximum Gasteiger partial charge on any atom is 0.328 e. The number of benzene rings is 1. The Morgan fingerprint density at radius 1 is 1.18 bits per heavy atom. The fraction of sp³-hybridized carbons (Fsp3) is 0.167. The zero-order chi connectivity index (χ0) is 19.3. The van der Waals surface area contributed by atoms with E-state index in [2.05, 4.69) is 25.7 Å². The van der Waals surface area contributed by atoms with Crippen molar-refractivity contribution in [3.63, 3.8) is 0 Å². The number of amides is 1. The number of aromatic nitrogens is 5. The Kier molecular flexibility index (Phi) is 5.20. The van der Waals surface area contributed by atoms with Crippen LogP contribution in [0.2, 0.25) is 0 Å². The zero-order valence-corrected chi connectivity index (χ0v) is 15.7. The normalized spacial score (nSPS) is 10.9. The van der Waals surface area contributed by atoms with E-state index in [1.807, 2.05) is 41.0 Å². The van der Waals surface area contributed by atoms with Crippen LogP contribution >= 0.6 is 11.8 Å². The molecule has 0 fully saturated rings. The Morgan fingerprint density at radius 2 is 2.04 bits per heavy atom. The Labute approximate surface area is 164 Å². The van der Waals surface area contributed by atoms with E-state index in [4.69, 9.17) is 8.94 Å². The Hall–Kier alpha value is -3.40. The number of aryl methyl sites for hydroxylation is 1. The van der Waals surface area contributed by atoms with Gasteiger partial charge in [-0.05, 0) is 24.6 Å². The van der Waals surface area contributed by atoms with Crippen LogP contribution < -0.4 is 5.32 Å². The van der Waals surface area contributed by atoms with Gasteiger partial charge >= 0.3 is 6.01 Å². The number of anilines is 1. The summed E-state index contributed by atoms with van der Waals surface area (Å²) in [7, 11) is 0. The van der Waals surface area contributed by atoms with Gasteiger partial charge in [0.05, 0.1) is 18.6 Å². The largest absolute Gasteiger partial charge is 0.461 e. The Balaban J connectivity index is 1.52. The first kappa shape index (κ1) is 18.0. The van der Waals surface area contributed by atoms with Gasteiger partial charge in [0.2, 0.25) is 11.7 Å². The minimum atomic E-state index is -0.276. The van der Waals surface area contributed by atoms with Crippen LogP contribution in [-0.4, -0.2) is 36.6 Å². The minimum Gasteiger partial charge on any atom is -0.461 e. The van der Waals surface area contributed by atoms with Crippen molar-refractivity contribution in [2.75, 3.05) is 11.1 Å². The maximum atomic E-state index is 12.2. The lowest BCUT2D eigenvalue weighted by Gasteiger charge is -2.09. The summed E-state index contributed by atoms with van der Waals surface area (Å²) in [5.74, 6) is 1.51. The van der Waals surface area contributed by atoms with Gasteiger partial charge < -0.3 is 8.94 Å². The van der Waals surface area contributed by atoms with Crippen LogP contribution in [-0.2, 0) is 11.3 Å². The Bertz CT molecular complexity index is 1060. The fourth-order valence-electron chi connectivity index (χ4n) is 2.53. The highest BCUT2D eigenvalue weighted by atomic mass is 32.2. The summed E-state index contributed by atoms with van der Waals surface area (Å²) in [5.41, 5.74) is 1.09. The predicted molar refractivity (Wildman–Crippen MR) is 102 cm³/mol. The molecule has 28 heavy (non-hydrogen) atoms. The van der Waals surface area contributed by atoms with Crippen molar-refractivity contribution in [3.8, 4) is 11.6 Å². The third kappa shape index (κ3) is 4.12. The van der Waals surface area contributed by atoms with Gasteiger partial charge in [-0.1, -0.05) is 47.3 Å². The first-order valence-electron chi connectivity index (χ1n) is 8.43. The molecule has 0 aliphatic rings. The average Bonchev–Trinajstić information content (AvgIpc) is 3.43. The van der Waals surface area contributed by atoms with Crippen LogP contribution in [0.15, 0.2) is 62.8 Å². The molecule has 0 saturated carbocycles. The minimum absolute atomic E-state index is 0.0742. The number of nitrogens with zero attached hydrogens (tertiary/aromatic N) is 5. The van der Waals surface area contributed by atoms with E-state index in [0.29, 0.717) is 29.1 Å². The molecule has 1 N–H and O–H groups in total. The van der Waals surface area contributed by atoms with E-state index in [1.165, 1.54) is 11.8 Å². The van der Waals surface area contributed by atoms with Crippen molar-refractivity contribution < 1.29 is 13.7 Å². The topological polar surface area (TPSA) is 112 Å². The van der Waals surface area contributed by atoms with Crippen molar-refractivity contribution in [2.45, 2.75) is 18.6 Å². The molecule has 10 heteroatoms. The maximum absolute atomic E-state index is 12.2. The molecule has 0 saturated heterocycles. The number of carbonyl (C=O) groups is 1. The van der Waals surface area contributed by atoms with Crippen LogP contribution in [0.4, 0.5) is 6.01 Å². The van der Waals surface area contributed by atoms with Crippen LogP contribution in [0.1, 0.15) is 11.4 Å². The molecule has 142 valence electrons. The van der Waals surface area contributed by atoms with E-state index >= 15 is 0 Å². The van der Waals surface area contributed by atoms with Crippen molar-refractivity contribution in [1.29, 1.82) is 0 Å². The number of hydrogen-bond donors (Lipinski definition) is 1. The van der Waals surface area contributed by atoms with Gasteiger partial charge in [-0.2, -0.15) is 4.98 Å². The third-order valence-corrected chi connectivity index (χ3v) is 4.71. The van der Waals surface area contributed by atoms with E-state index < -0.39 is 0 Å². The molecule has 0 spiro atoms. The van der Waals surface area contributed by atoms with Gasteiger partial charge in [0.25, 0.3) is 0 Å². The molecule has 0 bridgehead atoms. The first-order valence-corrected chi connectivity index (χ1v) is 9.41. The predicted octanol–water partition coefficient (Wildman–Crippen LogP) is 3.01. The van der Waals surface area contributed by atoms with Crippen LogP contribution in [0.5, 0.6) is 0 Å². The van der Waals surface area contributed by atoms with Crippen molar-refractivity contribution >= 4 is 23.7 Å². The number of rotatable bonds is 7. The van der Waals surface area contributed by atoms with Crippen LogP contribution in [0.3, 0.4) is 0 Å². The molecule has 1 amide bonds. The standard InChI is InChI=1S/C18H16N6O3S/c1-12-19-17(27-23-12)20-15(25)11-28-18-22-21-16(14-8-5-9-26-14)24(18)10-13-6-3-2-4-7-13/h2-9H,10-11H2,1H3,(H,19,20,23,25). The average molecular weight is 396 g/mol. The summed E-state index contributed by atoms with van der Waals surface area (Å²) in [5, 5.41) is 15.3. The summed E-state index contributed by atoms with van der Waals surface area (Å²) in [6, 6.07) is 13.6. The SMILES string of the molecule is Cc1noc(NC(=O)CSc2nnc(-c3ccco3)n2Cc2ccccc2)n1. The van der Waals surface area contributed by atoms with Crippen LogP contribution in [0, 0.1) is 6.92 Å². The molecule has 4 aromatic rings. The molecule has 3 aromatic heterocycles. The smallest absolute Gasteiger partial charge is 0.328 e. The molecular formula is C18H16N6O3S. The van der Waals surface area contributed by atoms with Gasteiger partial charge in [0, 0.05) is 0 Å². The lowest BCUT2D eigenvalue weighted by Crippen LogP contribution is -2.15. The second-order valence-corrected chi connectivity index (χ2v) is 6.78. The highest BCUT2D eigenvalue weighted by molar-refractivity contribution is 7.99. The molecular weight excluding hydrogens is 380 g/mol. The second-order valence-electron chi connectivity index (χ2n) is 5.84. The summed E-state index contributed by atoms with van der Waals surface area (Å²) >= 11 is 1.26. The molecule has 1 aromatic carbocycles. The molecule has 0 atom stereocenters. The summed E-state index contributed by atoms with van der Waals surface area (Å²) in [6.45, 7) is 2.23. The van der Waals surface area contributed by atoms with Gasteiger partial charge in [-0.25, -0.2) is 0 Å². The quantitative estimate of drug-likeness (QED) is 0.475. The molecule has 0 unspecified atom stereocenters. The van der Waals surface area contributed by atoms with E-state index in [-0.39, 0.29) is 17.7 Å². The van der Waals surface area contributed by atoms with E-state index in [1.54, 1.807) is 19.3 Å². The number of nitrogens with one attached hydrogen (secondary N) is 1. The van der Waals surface area contributed by atoms with E-state index in [0.717, 1.165) is 5.56 Å². The molecule has 9 nitrogen and oxygen atoms in total. The molecule has 0 radical (unpaired) electrons. The number of carbonyl (C=O) groups excluding carboxylic acids is 1. The second kappa shape index (κ2) is 8.09. The monoisotopic (exact) mass is 396 g/mol.